The Morgan fingerprint density at radius 2 is 1.84 bits per heavy atom. The smallest absolute Gasteiger partial charge is 0.279 e. The third-order valence-corrected chi connectivity index (χ3v) is 6.33. The van der Waals surface area contributed by atoms with E-state index in [1.807, 2.05) is 47.1 Å². The van der Waals surface area contributed by atoms with Crippen molar-refractivity contribution >= 4 is 22.2 Å². The lowest BCUT2D eigenvalue weighted by Gasteiger charge is -2.22. The molecule has 37 heavy (non-hydrogen) atoms. The number of rotatable bonds is 4. The predicted molar refractivity (Wildman–Crippen MR) is 147 cm³/mol. The average Bonchev–Trinajstić information content (AvgIpc) is 3.31. The summed E-state index contributed by atoms with van der Waals surface area (Å²) in [7, 11) is 0. The molecule has 0 aliphatic rings. The summed E-state index contributed by atoms with van der Waals surface area (Å²) in [6, 6.07) is 11.4. The van der Waals surface area contributed by atoms with Crippen LogP contribution in [-0.2, 0) is 12.0 Å². The molecular weight excluding hydrogens is 464 g/mol. The lowest BCUT2D eigenvalue weighted by Crippen LogP contribution is -2.27. The summed E-state index contributed by atoms with van der Waals surface area (Å²) < 4.78 is 3.26. The molecule has 0 amide bonds. The molecule has 0 fully saturated rings. The third-order valence-electron chi connectivity index (χ3n) is 6.33. The predicted octanol–water partition coefficient (Wildman–Crippen LogP) is 5.10. The topological polar surface area (TPSA) is 97.3 Å². The highest BCUT2D eigenvalue weighted by Gasteiger charge is 2.20. The van der Waals surface area contributed by atoms with Crippen LogP contribution in [0.25, 0.3) is 33.4 Å². The first kappa shape index (κ1) is 24.6. The molecule has 5 rings (SSSR count). The maximum Gasteiger partial charge on any atom is 0.279 e. The molecule has 8 heteroatoms. The monoisotopic (exact) mass is 496 g/mol. The van der Waals surface area contributed by atoms with Gasteiger partial charge in [0, 0.05) is 40.6 Å². The van der Waals surface area contributed by atoms with Crippen molar-refractivity contribution in [1.82, 2.24) is 24.1 Å². The van der Waals surface area contributed by atoms with Crippen LogP contribution in [0.3, 0.4) is 0 Å². The molecule has 0 aliphatic heterocycles. The third kappa shape index (κ3) is 4.60. The molecule has 0 radical (unpaired) electrons. The first-order valence-electron chi connectivity index (χ1n) is 12.3. The maximum absolute atomic E-state index is 13.5. The van der Waals surface area contributed by atoms with Gasteiger partial charge in [0.25, 0.3) is 5.56 Å². The van der Waals surface area contributed by atoms with Gasteiger partial charge >= 0.3 is 0 Å². The first-order valence-corrected chi connectivity index (χ1v) is 12.3. The van der Waals surface area contributed by atoms with Gasteiger partial charge in [-0.05, 0) is 49.9 Å². The minimum absolute atomic E-state index is 0.0362. The van der Waals surface area contributed by atoms with Gasteiger partial charge in [-0.2, -0.15) is 9.78 Å². The zero-order valence-electron chi connectivity index (χ0n) is 22.1. The SMILES string of the molecule is CC(C)(C)Nc1nc(-c2cccc(-n3ncc4cc(C(C)(C)C)ccc4c3=O)c2CO)cn2ccnc12. The van der Waals surface area contributed by atoms with Crippen LogP contribution in [0.5, 0.6) is 0 Å². The van der Waals surface area contributed by atoms with Crippen LogP contribution in [0.4, 0.5) is 5.82 Å². The number of benzene rings is 2. The molecule has 190 valence electrons. The molecule has 0 bridgehead atoms. The van der Waals surface area contributed by atoms with Gasteiger partial charge in [0.1, 0.15) is 0 Å². The number of anilines is 1. The standard InChI is InChI=1S/C29H32N6O2/c1-28(2,3)19-10-11-20-18(14-19)15-31-35(27(20)37)24-9-7-8-21(22(24)17-36)23-16-34-13-12-30-26(34)25(32-23)33-29(4,5)6/h7-16,36H,17H2,1-6H3,(H,32,33). The van der Waals surface area contributed by atoms with E-state index in [4.69, 9.17) is 4.98 Å². The summed E-state index contributed by atoms with van der Waals surface area (Å²) in [5.41, 5.74) is 3.79. The van der Waals surface area contributed by atoms with Crippen molar-refractivity contribution in [2.75, 3.05) is 5.32 Å². The van der Waals surface area contributed by atoms with E-state index in [1.54, 1.807) is 18.5 Å². The van der Waals surface area contributed by atoms with Crippen LogP contribution in [-0.4, -0.2) is 34.8 Å². The number of aliphatic hydroxyl groups excluding tert-OH is 1. The summed E-state index contributed by atoms with van der Waals surface area (Å²) in [6.45, 7) is 12.3. The Morgan fingerprint density at radius 3 is 2.54 bits per heavy atom. The molecular formula is C29H32N6O2. The van der Waals surface area contributed by atoms with Gasteiger partial charge < -0.3 is 14.8 Å². The number of imidazole rings is 1. The van der Waals surface area contributed by atoms with Crippen LogP contribution < -0.4 is 10.9 Å². The Bertz CT molecular complexity index is 1690. The van der Waals surface area contributed by atoms with Crippen LogP contribution >= 0.6 is 0 Å². The zero-order chi connectivity index (χ0) is 26.5. The number of nitrogens with one attached hydrogen (secondary N) is 1. The van der Waals surface area contributed by atoms with Gasteiger partial charge in [-0.25, -0.2) is 9.97 Å². The highest BCUT2D eigenvalue weighted by Crippen LogP contribution is 2.30. The van der Waals surface area contributed by atoms with E-state index in [9.17, 15) is 9.90 Å². The maximum atomic E-state index is 13.5. The Hall–Kier alpha value is -4.04. The van der Waals surface area contributed by atoms with E-state index in [2.05, 4.69) is 56.9 Å². The number of aliphatic hydroxyl groups is 1. The van der Waals surface area contributed by atoms with Crippen molar-refractivity contribution in [3.8, 4) is 16.9 Å². The van der Waals surface area contributed by atoms with Crippen LogP contribution in [0, 0.1) is 0 Å². The Labute approximate surface area is 215 Å². The largest absolute Gasteiger partial charge is 0.392 e. The fraction of sp³-hybridized carbons (Fsp3) is 0.310. The molecule has 2 aromatic carbocycles. The van der Waals surface area contributed by atoms with Gasteiger partial charge in [-0.3, -0.25) is 4.79 Å². The van der Waals surface area contributed by atoms with Crippen molar-refractivity contribution in [2.45, 2.75) is 59.1 Å². The number of fused-ring (bicyclic) bond motifs is 2. The molecule has 3 aromatic heterocycles. The molecule has 0 unspecified atom stereocenters. The van der Waals surface area contributed by atoms with E-state index in [0.29, 0.717) is 39.4 Å². The molecule has 5 aromatic rings. The van der Waals surface area contributed by atoms with Crippen LogP contribution in [0.15, 0.2) is 66.0 Å². The van der Waals surface area contributed by atoms with Gasteiger partial charge in [0.2, 0.25) is 0 Å². The van der Waals surface area contributed by atoms with Crippen LogP contribution in [0.1, 0.15) is 52.7 Å². The summed E-state index contributed by atoms with van der Waals surface area (Å²) in [5.74, 6) is 0.639. The molecule has 3 heterocycles. The molecule has 2 N–H and O–H groups in total. The summed E-state index contributed by atoms with van der Waals surface area (Å²) in [4.78, 5) is 22.8. The number of hydrogen-bond donors (Lipinski definition) is 2. The van der Waals surface area contributed by atoms with Crippen LogP contribution in [0.2, 0.25) is 0 Å². The number of hydrogen-bond acceptors (Lipinski definition) is 6. The van der Waals surface area contributed by atoms with Crippen molar-refractivity contribution in [1.29, 1.82) is 0 Å². The average molecular weight is 497 g/mol. The molecule has 0 saturated heterocycles. The highest BCUT2D eigenvalue weighted by molar-refractivity contribution is 5.82. The Morgan fingerprint density at radius 1 is 1.05 bits per heavy atom. The lowest BCUT2D eigenvalue weighted by molar-refractivity contribution is 0.281. The summed E-state index contributed by atoms with van der Waals surface area (Å²) >= 11 is 0. The summed E-state index contributed by atoms with van der Waals surface area (Å²) in [5, 5.41) is 19.8. The number of aromatic nitrogens is 5. The lowest BCUT2D eigenvalue weighted by atomic mass is 9.86. The first-order chi connectivity index (χ1) is 17.5. The van der Waals surface area contributed by atoms with Gasteiger partial charge in [0.15, 0.2) is 11.5 Å². The van der Waals surface area contributed by atoms with E-state index in [0.717, 1.165) is 10.9 Å². The van der Waals surface area contributed by atoms with Crippen molar-refractivity contribution in [3.05, 3.63) is 82.7 Å². The van der Waals surface area contributed by atoms with Crippen molar-refractivity contribution < 1.29 is 5.11 Å². The van der Waals surface area contributed by atoms with E-state index < -0.39 is 0 Å². The van der Waals surface area contributed by atoms with Crippen molar-refractivity contribution in [2.24, 2.45) is 0 Å². The normalized spacial score (nSPS) is 12.4. The van der Waals surface area contributed by atoms with Gasteiger partial charge in [-0.1, -0.05) is 39.0 Å². The zero-order valence-corrected chi connectivity index (χ0v) is 22.1. The van der Waals surface area contributed by atoms with E-state index in [1.165, 1.54) is 4.68 Å². The number of nitrogens with zero attached hydrogens (tertiary/aromatic N) is 5. The molecule has 0 saturated carbocycles. The van der Waals surface area contributed by atoms with E-state index in [-0.39, 0.29) is 23.1 Å². The second kappa shape index (κ2) is 8.81. The quantitative estimate of drug-likeness (QED) is 0.359. The molecule has 0 atom stereocenters. The summed E-state index contributed by atoms with van der Waals surface area (Å²) in [6.07, 6.45) is 7.17. The highest BCUT2D eigenvalue weighted by atomic mass is 16.3. The van der Waals surface area contributed by atoms with Crippen molar-refractivity contribution in [3.63, 3.8) is 0 Å². The van der Waals surface area contributed by atoms with Gasteiger partial charge in [0.05, 0.1) is 29.6 Å². The minimum atomic E-state index is -0.285. The Kier molecular flexibility index (Phi) is 5.87. The van der Waals surface area contributed by atoms with E-state index >= 15 is 0 Å². The second-order valence-electron chi connectivity index (χ2n) is 11.4. The molecule has 0 aliphatic carbocycles. The fourth-order valence-electron chi connectivity index (χ4n) is 4.47. The minimum Gasteiger partial charge on any atom is -0.392 e. The fourth-order valence-corrected chi connectivity index (χ4v) is 4.47. The molecule has 8 nitrogen and oxygen atoms in total. The van der Waals surface area contributed by atoms with Gasteiger partial charge in [-0.15, -0.1) is 0 Å². The Balaban J connectivity index is 1.68. The second-order valence-corrected chi connectivity index (χ2v) is 11.4. The molecule has 0 spiro atoms.